The van der Waals surface area contributed by atoms with E-state index in [2.05, 4.69) is 155 Å². The minimum Gasteiger partial charge on any atom is -0.382 e. The highest BCUT2D eigenvalue weighted by Gasteiger charge is 2.41. The van der Waals surface area contributed by atoms with E-state index in [0.717, 1.165) is 165 Å². The lowest BCUT2D eigenvalue weighted by atomic mass is 9.78. The average molecular weight is 1490 g/mol. The molecule has 18 nitrogen and oxygen atoms in total. The molecule has 0 spiro atoms. The normalized spacial score (nSPS) is 31.2. The number of carbonyl (C=O) groups is 8. The Kier molecular flexibility index (Phi) is 47.6. The van der Waals surface area contributed by atoms with Crippen LogP contribution in [0.1, 0.15) is 363 Å². The summed E-state index contributed by atoms with van der Waals surface area (Å²) in [5.41, 5.74) is -3.01. The topological polar surface area (TPSA) is 281 Å². The van der Waals surface area contributed by atoms with Gasteiger partial charge in [0.25, 0.3) is 11.8 Å². The van der Waals surface area contributed by atoms with Gasteiger partial charge in [0, 0.05) is 74.4 Å². The minimum atomic E-state index is -1.10. The molecule has 105 heavy (non-hydrogen) atoms. The number of aliphatic hydroxyl groups is 3. The van der Waals surface area contributed by atoms with Crippen molar-refractivity contribution in [2.75, 3.05) is 27.2 Å². The third-order valence-electron chi connectivity index (χ3n) is 24.3. The van der Waals surface area contributed by atoms with Crippen LogP contribution in [-0.2, 0) is 38.4 Å². The Morgan fingerprint density at radius 3 is 0.962 bits per heavy atom. The van der Waals surface area contributed by atoms with Gasteiger partial charge in [-0.25, -0.2) is 0 Å². The molecule has 1 atom stereocenters. The molecule has 8 aliphatic carbocycles. The molecule has 7 amide bonds. The van der Waals surface area contributed by atoms with E-state index in [4.69, 9.17) is 0 Å². The first-order valence-electron chi connectivity index (χ1n) is 42.6. The van der Waals surface area contributed by atoms with Gasteiger partial charge in [-0.15, -0.1) is 0 Å². The molecule has 8 rings (SSSR count). The van der Waals surface area contributed by atoms with Crippen LogP contribution >= 0.6 is 0 Å². The Labute approximate surface area is 642 Å². The molecule has 0 saturated heterocycles. The quantitative estimate of drug-likeness (QED) is 0.0693. The molecule has 8 aliphatic rings. The van der Waals surface area contributed by atoms with Crippen molar-refractivity contribution in [2.45, 2.75) is 398 Å². The smallest absolute Gasteiger partial charge is 0.252 e. The van der Waals surface area contributed by atoms with Gasteiger partial charge in [0.15, 0.2) is 5.78 Å². The van der Waals surface area contributed by atoms with Gasteiger partial charge in [0.05, 0.1) is 0 Å². The van der Waals surface area contributed by atoms with E-state index in [0.29, 0.717) is 80.1 Å². The van der Waals surface area contributed by atoms with Crippen molar-refractivity contribution in [1.29, 1.82) is 0 Å². The fraction of sp³-hybridized carbons (Fsp3) is 0.908. The van der Waals surface area contributed by atoms with Crippen molar-refractivity contribution in [2.24, 2.45) is 82.3 Å². The lowest BCUT2D eigenvalue weighted by molar-refractivity contribution is -0.144. The van der Waals surface area contributed by atoms with Crippen molar-refractivity contribution in [3.63, 3.8) is 0 Å². The van der Waals surface area contributed by atoms with E-state index < -0.39 is 16.8 Å². The van der Waals surface area contributed by atoms with Gasteiger partial charge >= 0.3 is 0 Å². The zero-order valence-electron chi connectivity index (χ0n) is 71.4. The molecule has 0 heterocycles. The van der Waals surface area contributed by atoms with Crippen molar-refractivity contribution >= 4 is 47.1 Å². The van der Waals surface area contributed by atoms with Crippen molar-refractivity contribution in [3.8, 4) is 0 Å². The molecule has 0 aromatic rings. The van der Waals surface area contributed by atoms with Gasteiger partial charge in [-0.05, 0) is 319 Å². The average Bonchev–Trinajstić information content (AvgIpc) is 0.831. The maximum absolute atomic E-state index is 12.0. The summed E-state index contributed by atoms with van der Waals surface area (Å²) in [4.78, 5) is 92.2. The number of nitrogens with one attached hydrogen (secondary N) is 7. The molecule has 18 heteroatoms. The second-order valence-corrected chi connectivity index (χ2v) is 36.9. The first kappa shape index (κ1) is 98.8. The Morgan fingerprint density at radius 1 is 0.381 bits per heavy atom. The Balaban J connectivity index is 0.000000601. The summed E-state index contributed by atoms with van der Waals surface area (Å²) < 4.78 is 0. The van der Waals surface area contributed by atoms with Crippen LogP contribution in [0.5, 0.6) is 0 Å². The maximum Gasteiger partial charge on any atom is 0.252 e. The van der Waals surface area contributed by atoms with Gasteiger partial charge in [-0.1, -0.05) is 96.9 Å². The second kappa shape index (κ2) is 50.6. The van der Waals surface area contributed by atoms with Gasteiger partial charge < -0.3 is 52.5 Å². The van der Waals surface area contributed by atoms with E-state index in [1.54, 1.807) is 14.1 Å². The first-order valence-corrected chi connectivity index (χ1v) is 42.6. The van der Waals surface area contributed by atoms with E-state index >= 15 is 0 Å². The maximum atomic E-state index is 12.0. The molecule has 10 N–H and O–H groups in total. The van der Waals surface area contributed by atoms with Crippen LogP contribution in [-0.4, -0.2) is 124 Å². The third-order valence-corrected chi connectivity index (χ3v) is 24.3. The number of carbonyl (C=O) groups excluding carboxylic acids is 8. The van der Waals surface area contributed by atoms with Crippen LogP contribution in [0.25, 0.3) is 0 Å². The summed E-state index contributed by atoms with van der Waals surface area (Å²) in [6.45, 7) is 43.8. The van der Waals surface area contributed by atoms with Crippen LogP contribution in [0.3, 0.4) is 0 Å². The largest absolute Gasteiger partial charge is 0.382 e. The molecule has 0 aromatic carbocycles. The number of amides is 7. The number of rotatable bonds is 16. The van der Waals surface area contributed by atoms with Gasteiger partial charge in [0.2, 0.25) is 29.5 Å². The highest BCUT2D eigenvalue weighted by molar-refractivity contribution is 5.86. The Bertz CT molecular complexity index is 2430. The van der Waals surface area contributed by atoms with Crippen molar-refractivity contribution in [3.05, 3.63) is 0 Å². The van der Waals surface area contributed by atoms with Crippen molar-refractivity contribution in [1.82, 2.24) is 37.2 Å². The van der Waals surface area contributed by atoms with Crippen LogP contribution in [0.4, 0.5) is 0 Å². The highest BCUT2D eigenvalue weighted by atomic mass is 16.3. The van der Waals surface area contributed by atoms with Crippen LogP contribution < -0.4 is 37.2 Å². The molecule has 0 aromatic heterocycles. The summed E-state index contributed by atoms with van der Waals surface area (Å²) in [7, 11) is 3.29. The minimum absolute atomic E-state index is 0.0415. The second-order valence-electron chi connectivity index (χ2n) is 36.9. The van der Waals surface area contributed by atoms with E-state index in [-0.39, 0.29) is 76.0 Å². The first-order chi connectivity index (χ1) is 49.0. The monoisotopic (exact) mass is 1480 g/mol. The number of likely N-dealkylation sites (N-methyl/N-ethyl adjacent to an activating group) is 1. The molecular formula is C87H165N7O11. The van der Waals surface area contributed by atoms with E-state index in [1.807, 2.05) is 13.8 Å². The number of hydrogen-bond acceptors (Lipinski definition) is 11. The Hall–Kier alpha value is -4.16. The van der Waals surface area contributed by atoms with Crippen molar-refractivity contribution < 1.29 is 53.7 Å². The molecule has 0 aliphatic heterocycles. The van der Waals surface area contributed by atoms with Crippen LogP contribution in [0.15, 0.2) is 0 Å². The Morgan fingerprint density at radius 2 is 0.676 bits per heavy atom. The lowest BCUT2D eigenvalue weighted by Gasteiger charge is -2.34. The lowest BCUT2D eigenvalue weighted by Crippen LogP contribution is -2.50. The predicted molar refractivity (Wildman–Crippen MR) is 432 cm³/mol. The van der Waals surface area contributed by atoms with E-state index in [1.165, 1.54) is 71.1 Å². The zero-order chi connectivity index (χ0) is 79.9. The predicted octanol–water partition coefficient (Wildman–Crippen LogP) is 16.4. The summed E-state index contributed by atoms with van der Waals surface area (Å²) in [5.74, 6) is 8.39. The molecular weight excluding hydrogens is 1320 g/mol. The fourth-order valence-corrected chi connectivity index (χ4v) is 14.8. The SMILES string of the molecule is CC(=O)C1(O)CCC(C)CC1.CC1CCC(C(=O)NCC(C)(C)C)CC1.CC1CCC(O)(C(=O)NC(C)C)CC1.CCC(C)(C)NC(=O)C1CCC(C)CC1.CCCNC(=O)C1CCC(C)CC1.CC[C@@H](C)NC(=O)C1CCC(C)CC1.CNC(=O)C1(O)CCC(C)CC1.CNC(=O)C1CCC(C)CC1. The molecule has 0 unspecified atom stereocenters. The van der Waals surface area contributed by atoms with Gasteiger partial charge in [-0.3, -0.25) is 38.4 Å². The summed E-state index contributed by atoms with van der Waals surface area (Å²) in [6.07, 6.45) is 35.6. The summed E-state index contributed by atoms with van der Waals surface area (Å²) in [6, 6.07) is 0.438. The zero-order valence-corrected chi connectivity index (χ0v) is 71.4. The highest BCUT2D eigenvalue weighted by Crippen LogP contribution is 2.36. The third kappa shape index (κ3) is 41.5. The van der Waals surface area contributed by atoms with Gasteiger partial charge in [-0.2, -0.15) is 0 Å². The van der Waals surface area contributed by atoms with Crippen LogP contribution in [0, 0.1) is 82.3 Å². The molecule has 614 valence electrons. The number of ketones is 1. The standard InChI is InChI=1S/2C13H25NO.C12H23NO.C11H21NO2.C11H21NO.C9H17NO2.C9H17NO.C9H16O2/c1-10-5-7-11(8-6-10)12(15)14-9-13(2,3)4;1-5-13(3,4)14-12(15)11-8-6-10(2)7-9-11;1-4-10(3)13-12(14)11-7-5-9(2)6-8-11;1-8(2)12-10(13)11(14)6-4-9(3)5-7-11;1-3-8-12-11(13)10-6-4-9(2)5-7-10;1-7-3-5-9(12,6-4-7)8(11)10-2;1-7-3-5-8(6-4-7)9(11)10-2;1-7-3-5-9(11,6-4-7)8(2)10/h2*10-11H,5-9H2,1-4H3,(H,14,15);9-11H,4-8H2,1-3H3,(H,13,14);8-9,14H,4-7H2,1-3H3,(H,12,13);9-10H,3-8H2,1-2H3,(H,12,13);7,12H,3-6H2,1-2H3,(H,10,11);7-8H,3-6H2,1-2H3,(H,10,11);7,11H,3-6H2,1-2H3/t;;9?,10-,11?;;;;;/m..1...../s1. The van der Waals surface area contributed by atoms with E-state index in [9.17, 15) is 53.7 Å². The fourth-order valence-electron chi connectivity index (χ4n) is 14.8. The summed E-state index contributed by atoms with van der Waals surface area (Å²) >= 11 is 0. The molecule has 0 bridgehead atoms. The number of hydrogen-bond donors (Lipinski definition) is 10. The van der Waals surface area contributed by atoms with Gasteiger partial charge in [0.1, 0.15) is 16.8 Å². The molecule has 8 saturated carbocycles. The molecule has 8 fully saturated rings. The number of Topliss-reactive ketones (excluding diaryl/α,β-unsaturated/α-hetero) is 1. The molecule has 0 radical (unpaired) electrons. The summed E-state index contributed by atoms with van der Waals surface area (Å²) in [5, 5.41) is 49.9. The van der Waals surface area contributed by atoms with Crippen LogP contribution in [0.2, 0.25) is 0 Å².